The number of rotatable bonds is 21. The number of hydrogen-bond acceptors (Lipinski definition) is 3. The summed E-state index contributed by atoms with van der Waals surface area (Å²) in [6.07, 6.45) is 29.3. The van der Waals surface area contributed by atoms with Crippen molar-refractivity contribution in [3.63, 3.8) is 0 Å². The Hall–Kier alpha value is -0.290. The Bertz CT molecular complexity index is 472. The molecule has 0 aromatic heterocycles. The lowest BCUT2D eigenvalue weighted by Crippen LogP contribution is -2.23. The molecule has 2 atom stereocenters. The van der Waals surface area contributed by atoms with Crippen molar-refractivity contribution < 1.29 is 8.37 Å². The van der Waals surface area contributed by atoms with Crippen LogP contribution in [0.4, 0.5) is 0 Å². The standard InChI is InChI=1S/C29H57NO2S/c1-6-8-10-12-14-16-22-28(3)31-33(5,27-21-20-26-30-24-18-19-25-30)32-29(4)23-17-15-13-11-9-7-2/h12-15,28-29H,6-11,16-27H2,1-5H3/b14-12-,15-13-. The number of likely N-dealkylation sites (tertiary alicyclic amines) is 1. The number of hydrogen-bond donors (Lipinski definition) is 0. The van der Waals surface area contributed by atoms with Crippen molar-refractivity contribution in [3.8, 4) is 0 Å². The molecule has 1 saturated heterocycles. The maximum atomic E-state index is 6.66. The molecule has 0 spiro atoms. The Morgan fingerprint density at radius 1 is 0.727 bits per heavy atom. The summed E-state index contributed by atoms with van der Waals surface area (Å²) in [6, 6.07) is 0. The lowest BCUT2D eigenvalue weighted by Gasteiger charge is -2.43. The van der Waals surface area contributed by atoms with Crippen molar-refractivity contribution in [2.75, 3.05) is 31.6 Å². The molecule has 1 aliphatic rings. The molecule has 1 aliphatic heterocycles. The first-order valence-corrected chi connectivity index (χ1v) is 16.2. The maximum Gasteiger partial charge on any atom is 0.0796 e. The van der Waals surface area contributed by atoms with E-state index in [0.717, 1.165) is 31.4 Å². The van der Waals surface area contributed by atoms with Gasteiger partial charge in [-0.15, -0.1) is 0 Å². The molecular formula is C29H57NO2S. The Labute approximate surface area is 209 Å². The smallest absolute Gasteiger partial charge is 0.0796 e. The minimum absolute atomic E-state index is 0.251. The van der Waals surface area contributed by atoms with Crippen molar-refractivity contribution in [2.24, 2.45) is 0 Å². The van der Waals surface area contributed by atoms with E-state index in [4.69, 9.17) is 8.37 Å². The average molecular weight is 484 g/mol. The van der Waals surface area contributed by atoms with Crippen LogP contribution in [-0.4, -0.2) is 48.8 Å². The molecule has 0 amide bonds. The topological polar surface area (TPSA) is 21.7 Å². The highest BCUT2D eigenvalue weighted by Gasteiger charge is 2.22. The predicted octanol–water partition coefficient (Wildman–Crippen LogP) is 8.99. The van der Waals surface area contributed by atoms with Gasteiger partial charge in [0.05, 0.1) is 12.2 Å². The number of allylic oxidation sites excluding steroid dienone is 4. The van der Waals surface area contributed by atoms with Crippen LogP contribution in [-0.2, 0) is 8.37 Å². The van der Waals surface area contributed by atoms with Crippen LogP contribution in [0.1, 0.15) is 118 Å². The molecule has 1 heterocycles. The van der Waals surface area contributed by atoms with Gasteiger partial charge >= 0.3 is 0 Å². The zero-order valence-corrected chi connectivity index (χ0v) is 23.7. The third-order valence-corrected chi connectivity index (χ3v) is 8.94. The van der Waals surface area contributed by atoms with Crippen LogP contribution in [0.5, 0.6) is 0 Å². The molecule has 196 valence electrons. The molecule has 0 aromatic carbocycles. The lowest BCUT2D eigenvalue weighted by atomic mass is 10.2. The van der Waals surface area contributed by atoms with Gasteiger partial charge in [-0.25, -0.2) is 0 Å². The number of nitrogens with zero attached hydrogens (tertiary/aromatic N) is 1. The summed E-state index contributed by atoms with van der Waals surface area (Å²) in [6.45, 7) is 12.8. The van der Waals surface area contributed by atoms with Crippen LogP contribution in [0, 0.1) is 0 Å². The van der Waals surface area contributed by atoms with Crippen molar-refractivity contribution in [2.45, 2.75) is 130 Å². The summed E-state index contributed by atoms with van der Waals surface area (Å²) < 4.78 is 13.3. The van der Waals surface area contributed by atoms with Crippen LogP contribution in [0.25, 0.3) is 0 Å². The van der Waals surface area contributed by atoms with Crippen molar-refractivity contribution in [1.29, 1.82) is 0 Å². The SMILES string of the molecule is CCCC/C=C\CCC(C)OS(C)(CCCCN1CCCC1)OC(C)CC/C=C\CCCC. The Kier molecular flexibility index (Phi) is 18.6. The second kappa shape index (κ2) is 20.0. The Balaban J connectivity index is 2.47. The maximum absolute atomic E-state index is 6.66. The summed E-state index contributed by atoms with van der Waals surface area (Å²) in [5.41, 5.74) is 0. The van der Waals surface area contributed by atoms with Crippen LogP contribution in [0.2, 0.25) is 0 Å². The van der Waals surface area contributed by atoms with Crippen LogP contribution in [0.15, 0.2) is 24.3 Å². The zero-order valence-electron chi connectivity index (χ0n) is 22.9. The zero-order chi connectivity index (χ0) is 24.2. The highest BCUT2D eigenvalue weighted by Crippen LogP contribution is 2.50. The molecule has 0 saturated carbocycles. The van der Waals surface area contributed by atoms with Gasteiger partial charge in [0.1, 0.15) is 0 Å². The van der Waals surface area contributed by atoms with Gasteiger partial charge < -0.3 is 4.90 Å². The van der Waals surface area contributed by atoms with Gasteiger partial charge in [-0.2, -0.15) is 10.6 Å². The van der Waals surface area contributed by atoms with Gasteiger partial charge in [-0.3, -0.25) is 8.37 Å². The summed E-state index contributed by atoms with van der Waals surface area (Å²) in [7, 11) is -1.50. The van der Waals surface area contributed by atoms with E-state index in [1.807, 2.05) is 0 Å². The quantitative estimate of drug-likeness (QED) is 0.120. The van der Waals surface area contributed by atoms with Gasteiger partial charge in [0.25, 0.3) is 0 Å². The minimum Gasteiger partial charge on any atom is -0.303 e. The summed E-state index contributed by atoms with van der Waals surface area (Å²) in [5.74, 6) is 1.06. The van der Waals surface area contributed by atoms with Crippen LogP contribution < -0.4 is 0 Å². The van der Waals surface area contributed by atoms with E-state index < -0.39 is 10.6 Å². The molecule has 0 bridgehead atoms. The fourth-order valence-electron chi connectivity index (χ4n) is 4.39. The van der Waals surface area contributed by atoms with E-state index in [1.54, 1.807) is 0 Å². The van der Waals surface area contributed by atoms with Crippen molar-refractivity contribution in [3.05, 3.63) is 24.3 Å². The second-order valence-electron chi connectivity index (χ2n) is 10.1. The molecule has 0 radical (unpaired) electrons. The van der Waals surface area contributed by atoms with E-state index >= 15 is 0 Å². The highest BCUT2D eigenvalue weighted by molar-refractivity contribution is 8.25. The predicted molar refractivity (Wildman–Crippen MR) is 150 cm³/mol. The van der Waals surface area contributed by atoms with Gasteiger partial charge in [0.15, 0.2) is 0 Å². The van der Waals surface area contributed by atoms with Gasteiger partial charge in [-0.05, 0) is 97.7 Å². The monoisotopic (exact) mass is 483 g/mol. The Morgan fingerprint density at radius 2 is 1.21 bits per heavy atom. The lowest BCUT2D eigenvalue weighted by molar-refractivity contribution is 0.159. The van der Waals surface area contributed by atoms with Gasteiger partial charge in [0.2, 0.25) is 0 Å². The molecule has 0 N–H and O–H groups in total. The van der Waals surface area contributed by atoms with Crippen LogP contribution >= 0.6 is 10.6 Å². The first-order valence-electron chi connectivity index (χ1n) is 14.1. The average Bonchev–Trinajstić information content (AvgIpc) is 3.29. The van der Waals surface area contributed by atoms with Crippen molar-refractivity contribution in [1.82, 2.24) is 4.90 Å². The fraction of sp³-hybridized carbons (Fsp3) is 0.862. The third-order valence-electron chi connectivity index (χ3n) is 6.44. The largest absolute Gasteiger partial charge is 0.303 e. The van der Waals surface area contributed by atoms with Crippen LogP contribution in [0.3, 0.4) is 0 Å². The molecule has 33 heavy (non-hydrogen) atoms. The molecule has 1 rings (SSSR count). The molecule has 2 unspecified atom stereocenters. The van der Waals surface area contributed by atoms with Gasteiger partial charge in [0, 0.05) is 12.0 Å². The van der Waals surface area contributed by atoms with Crippen molar-refractivity contribution >= 4 is 10.6 Å². The fourth-order valence-corrected chi connectivity index (χ4v) is 6.94. The molecule has 4 heteroatoms. The molecule has 3 nitrogen and oxygen atoms in total. The molecule has 0 aliphatic carbocycles. The molecule has 0 aromatic rings. The van der Waals surface area contributed by atoms with E-state index in [9.17, 15) is 0 Å². The minimum atomic E-state index is -1.50. The first-order chi connectivity index (χ1) is 16.0. The van der Waals surface area contributed by atoms with E-state index in [0.29, 0.717) is 0 Å². The van der Waals surface area contributed by atoms with E-state index in [-0.39, 0.29) is 12.2 Å². The highest BCUT2D eigenvalue weighted by atomic mass is 32.3. The third kappa shape index (κ3) is 16.9. The molecular weight excluding hydrogens is 426 g/mol. The number of unbranched alkanes of at least 4 members (excludes halogenated alkanes) is 5. The Morgan fingerprint density at radius 3 is 1.70 bits per heavy atom. The molecule has 1 fully saturated rings. The summed E-state index contributed by atoms with van der Waals surface area (Å²) in [4.78, 5) is 2.62. The first kappa shape index (κ1) is 30.7. The van der Waals surface area contributed by atoms with Gasteiger partial charge in [-0.1, -0.05) is 63.8 Å². The summed E-state index contributed by atoms with van der Waals surface area (Å²) in [5, 5.41) is 0. The van der Waals surface area contributed by atoms with E-state index in [2.05, 4.69) is 63.2 Å². The summed E-state index contributed by atoms with van der Waals surface area (Å²) >= 11 is 0. The van der Waals surface area contributed by atoms with E-state index in [1.165, 1.54) is 83.8 Å². The normalized spacial score (nSPS) is 19.9. The second-order valence-corrected chi connectivity index (χ2v) is 12.7.